The van der Waals surface area contributed by atoms with E-state index < -0.39 is 0 Å². The summed E-state index contributed by atoms with van der Waals surface area (Å²) in [6, 6.07) is 16.1. The lowest BCUT2D eigenvalue weighted by Crippen LogP contribution is -2.40. The van der Waals surface area contributed by atoms with Gasteiger partial charge in [0, 0.05) is 5.56 Å². The highest BCUT2D eigenvalue weighted by Crippen LogP contribution is 2.26. The van der Waals surface area contributed by atoms with E-state index in [0.717, 1.165) is 28.8 Å². The Bertz CT molecular complexity index is 878. The van der Waals surface area contributed by atoms with Gasteiger partial charge in [0.25, 0.3) is 5.82 Å². The summed E-state index contributed by atoms with van der Waals surface area (Å²) >= 11 is 0. The van der Waals surface area contributed by atoms with Crippen LogP contribution in [0.5, 0.6) is 0 Å². The van der Waals surface area contributed by atoms with Gasteiger partial charge in [0.05, 0.1) is 12.6 Å². The monoisotopic (exact) mass is 249 g/mol. The molecule has 0 saturated carbocycles. The molecule has 0 amide bonds. The summed E-state index contributed by atoms with van der Waals surface area (Å²) < 4.78 is 3.98. The van der Waals surface area contributed by atoms with Crippen molar-refractivity contribution in [1.29, 1.82) is 0 Å². The number of hydrogen-bond acceptors (Lipinski definition) is 1. The van der Waals surface area contributed by atoms with E-state index in [-0.39, 0.29) is 5.56 Å². The molecule has 92 valence electrons. The molecule has 4 rings (SSSR count). The van der Waals surface area contributed by atoms with Crippen LogP contribution in [0.25, 0.3) is 22.3 Å². The molecular formula is C16H13N2O+. The average molecular weight is 249 g/mol. The van der Waals surface area contributed by atoms with Crippen molar-refractivity contribution in [2.45, 2.75) is 6.54 Å². The Balaban J connectivity index is 2.23. The zero-order valence-corrected chi connectivity index (χ0v) is 10.6. The molecule has 19 heavy (non-hydrogen) atoms. The molecule has 3 aromatic rings. The molecule has 0 aliphatic carbocycles. The van der Waals surface area contributed by atoms with Gasteiger partial charge >= 0.3 is 5.56 Å². The average Bonchev–Trinajstić information content (AvgIpc) is 2.84. The van der Waals surface area contributed by atoms with Crippen molar-refractivity contribution >= 4 is 10.9 Å². The highest BCUT2D eigenvalue weighted by Gasteiger charge is 2.30. The van der Waals surface area contributed by atoms with Crippen molar-refractivity contribution in [3.63, 3.8) is 0 Å². The summed E-state index contributed by atoms with van der Waals surface area (Å²) in [5.41, 5.74) is 3.51. The van der Waals surface area contributed by atoms with E-state index in [9.17, 15) is 4.79 Å². The molecule has 0 atom stereocenters. The molecule has 1 aromatic heterocycles. The molecule has 1 aliphatic heterocycles. The van der Waals surface area contributed by atoms with E-state index in [2.05, 4.69) is 16.7 Å². The SMILES string of the molecule is Cn1c2[n+](c3ccccc3c1=O)Cc1ccccc1-2. The first-order chi connectivity index (χ1) is 9.27. The Morgan fingerprint density at radius 1 is 1.05 bits per heavy atom. The molecule has 0 radical (unpaired) electrons. The normalized spacial score (nSPS) is 12.5. The van der Waals surface area contributed by atoms with Gasteiger partial charge in [-0.3, -0.25) is 0 Å². The van der Waals surface area contributed by atoms with Crippen LogP contribution in [0, 0.1) is 0 Å². The minimum Gasteiger partial charge on any atom is -0.241 e. The molecular weight excluding hydrogens is 236 g/mol. The molecule has 3 heteroatoms. The van der Waals surface area contributed by atoms with Crippen LogP contribution in [0.4, 0.5) is 0 Å². The van der Waals surface area contributed by atoms with Crippen molar-refractivity contribution in [3.8, 4) is 11.4 Å². The second kappa shape index (κ2) is 3.54. The minimum absolute atomic E-state index is 0.0681. The van der Waals surface area contributed by atoms with Gasteiger partial charge in [-0.05, 0) is 18.2 Å². The summed E-state index contributed by atoms with van der Waals surface area (Å²) in [5.74, 6) is 0.999. The van der Waals surface area contributed by atoms with Gasteiger partial charge in [0.2, 0.25) is 0 Å². The summed E-state index contributed by atoms with van der Waals surface area (Å²) in [7, 11) is 1.85. The van der Waals surface area contributed by atoms with Crippen LogP contribution in [0.15, 0.2) is 53.3 Å². The Morgan fingerprint density at radius 2 is 1.79 bits per heavy atom. The fourth-order valence-corrected chi connectivity index (χ4v) is 2.99. The van der Waals surface area contributed by atoms with Crippen LogP contribution in [0.2, 0.25) is 0 Å². The second-order valence-electron chi connectivity index (χ2n) is 4.95. The van der Waals surface area contributed by atoms with Crippen LogP contribution in [-0.4, -0.2) is 4.57 Å². The highest BCUT2D eigenvalue weighted by atomic mass is 16.1. The van der Waals surface area contributed by atoms with Gasteiger partial charge in [-0.25, -0.2) is 9.36 Å². The number of rotatable bonds is 0. The van der Waals surface area contributed by atoms with E-state index in [1.165, 1.54) is 5.56 Å². The molecule has 0 saturated heterocycles. The molecule has 3 nitrogen and oxygen atoms in total. The van der Waals surface area contributed by atoms with Crippen molar-refractivity contribution < 1.29 is 4.57 Å². The molecule has 0 bridgehead atoms. The maximum atomic E-state index is 12.4. The number of fused-ring (bicyclic) bond motifs is 5. The van der Waals surface area contributed by atoms with Crippen LogP contribution in [0.1, 0.15) is 5.56 Å². The largest absolute Gasteiger partial charge is 0.345 e. The van der Waals surface area contributed by atoms with E-state index in [4.69, 9.17) is 0 Å². The molecule has 2 heterocycles. The Kier molecular flexibility index (Phi) is 1.96. The predicted molar refractivity (Wildman–Crippen MR) is 73.9 cm³/mol. The standard InChI is InChI=1S/C16H13N2O/c1-17-15-12-7-3-2-6-11(12)10-18(15)14-9-5-4-8-13(14)16(17)19/h2-9H,10H2,1H3/q+1. The first-order valence-electron chi connectivity index (χ1n) is 6.37. The lowest BCUT2D eigenvalue weighted by molar-refractivity contribution is -0.649. The van der Waals surface area contributed by atoms with Crippen LogP contribution < -0.4 is 10.1 Å². The first-order valence-corrected chi connectivity index (χ1v) is 6.37. The summed E-state index contributed by atoms with van der Waals surface area (Å²) in [6.45, 7) is 0.833. The molecule has 0 N–H and O–H groups in total. The number of aromatic nitrogens is 2. The third kappa shape index (κ3) is 1.27. The van der Waals surface area contributed by atoms with Gasteiger partial charge in [-0.2, -0.15) is 4.57 Å². The van der Waals surface area contributed by atoms with E-state index >= 15 is 0 Å². The highest BCUT2D eigenvalue weighted by molar-refractivity contribution is 5.76. The fraction of sp³-hybridized carbons (Fsp3) is 0.125. The quantitative estimate of drug-likeness (QED) is 0.437. The maximum absolute atomic E-state index is 12.4. The smallest absolute Gasteiger partial charge is 0.241 e. The minimum atomic E-state index is 0.0681. The summed E-state index contributed by atoms with van der Waals surface area (Å²) in [4.78, 5) is 12.4. The van der Waals surface area contributed by atoms with Crippen LogP contribution in [-0.2, 0) is 13.6 Å². The Morgan fingerprint density at radius 3 is 2.68 bits per heavy atom. The third-order valence-corrected chi connectivity index (χ3v) is 3.89. The number of para-hydroxylation sites is 1. The number of benzene rings is 2. The van der Waals surface area contributed by atoms with Crippen LogP contribution >= 0.6 is 0 Å². The Hall–Kier alpha value is -2.42. The fourth-order valence-electron chi connectivity index (χ4n) is 2.99. The second-order valence-corrected chi connectivity index (χ2v) is 4.95. The zero-order valence-electron chi connectivity index (χ0n) is 10.6. The molecule has 2 aromatic carbocycles. The van der Waals surface area contributed by atoms with Crippen molar-refractivity contribution in [2.24, 2.45) is 7.05 Å². The predicted octanol–water partition coefficient (Wildman–Crippen LogP) is 1.85. The van der Waals surface area contributed by atoms with Crippen molar-refractivity contribution in [1.82, 2.24) is 4.57 Å². The zero-order chi connectivity index (χ0) is 13.0. The van der Waals surface area contributed by atoms with Crippen molar-refractivity contribution in [2.75, 3.05) is 0 Å². The maximum Gasteiger partial charge on any atom is 0.345 e. The van der Waals surface area contributed by atoms with E-state index in [1.54, 1.807) is 4.57 Å². The number of hydrogen-bond donors (Lipinski definition) is 0. The summed E-state index contributed by atoms with van der Waals surface area (Å²) in [5, 5.41) is 0.779. The molecule has 0 fully saturated rings. The van der Waals surface area contributed by atoms with E-state index in [0.29, 0.717) is 0 Å². The molecule has 0 unspecified atom stereocenters. The van der Waals surface area contributed by atoms with Gasteiger partial charge < -0.3 is 0 Å². The topological polar surface area (TPSA) is 25.9 Å². The molecule has 0 spiro atoms. The van der Waals surface area contributed by atoms with Gasteiger partial charge in [0.15, 0.2) is 0 Å². The first kappa shape index (κ1) is 10.5. The van der Waals surface area contributed by atoms with E-state index in [1.807, 2.05) is 43.4 Å². The third-order valence-electron chi connectivity index (χ3n) is 3.89. The van der Waals surface area contributed by atoms with Gasteiger partial charge in [-0.15, -0.1) is 0 Å². The van der Waals surface area contributed by atoms with Crippen LogP contribution in [0.3, 0.4) is 0 Å². The Labute approximate surface area is 110 Å². The number of nitrogens with zero attached hydrogens (tertiary/aromatic N) is 2. The summed E-state index contributed by atoms with van der Waals surface area (Å²) in [6.07, 6.45) is 0. The lowest BCUT2D eigenvalue weighted by atomic mass is 10.1. The van der Waals surface area contributed by atoms with Gasteiger partial charge in [-0.1, -0.05) is 30.3 Å². The van der Waals surface area contributed by atoms with Crippen molar-refractivity contribution in [3.05, 3.63) is 64.4 Å². The lowest BCUT2D eigenvalue weighted by Gasteiger charge is -2.04. The molecule has 1 aliphatic rings. The van der Waals surface area contributed by atoms with Gasteiger partial charge in [0.1, 0.15) is 17.4 Å².